The Morgan fingerprint density at radius 3 is 1.60 bits per heavy atom. The van der Waals surface area contributed by atoms with Gasteiger partial charge in [-0.1, -0.05) is 146 Å². The number of carbonyl (C=O) groups is 2. The topological polar surface area (TPSA) is 95.9 Å². The van der Waals surface area contributed by atoms with Gasteiger partial charge < -0.3 is 20.3 Å². The number of rotatable bonds is 37. The second-order valence-electron chi connectivity index (χ2n) is 14.0. The molecule has 0 spiro atoms. The zero-order chi connectivity index (χ0) is 36.6. The summed E-state index contributed by atoms with van der Waals surface area (Å²) < 4.78 is 5.40. The minimum Gasteiger partial charge on any atom is -0.466 e. The maximum Gasteiger partial charge on any atom is 0.305 e. The third kappa shape index (κ3) is 35.6. The van der Waals surface area contributed by atoms with Crippen molar-refractivity contribution < 1.29 is 24.5 Å². The summed E-state index contributed by atoms with van der Waals surface area (Å²) in [5.74, 6) is -0.166. The largest absolute Gasteiger partial charge is 0.466 e. The van der Waals surface area contributed by atoms with Gasteiger partial charge in [0, 0.05) is 12.8 Å². The Bertz CT molecular complexity index is 864. The number of nitrogens with one attached hydrogen (secondary N) is 1. The first kappa shape index (κ1) is 47.8. The maximum atomic E-state index is 12.3. The normalized spacial score (nSPS) is 13.3. The molecular formula is C44H79NO5. The lowest BCUT2D eigenvalue weighted by molar-refractivity contribution is -0.143. The van der Waals surface area contributed by atoms with E-state index in [1.54, 1.807) is 6.08 Å². The molecule has 0 aromatic carbocycles. The molecule has 6 heteroatoms. The van der Waals surface area contributed by atoms with Crippen molar-refractivity contribution in [1.82, 2.24) is 5.32 Å². The molecule has 50 heavy (non-hydrogen) atoms. The Labute approximate surface area is 308 Å². The smallest absolute Gasteiger partial charge is 0.305 e. The van der Waals surface area contributed by atoms with Crippen molar-refractivity contribution in [2.45, 2.75) is 206 Å². The molecule has 0 aliphatic heterocycles. The van der Waals surface area contributed by atoms with Gasteiger partial charge in [0.25, 0.3) is 0 Å². The second kappa shape index (κ2) is 39.6. The monoisotopic (exact) mass is 702 g/mol. The molecule has 0 saturated carbocycles. The molecule has 0 radical (unpaired) electrons. The number of hydrogen-bond acceptors (Lipinski definition) is 5. The number of esters is 1. The number of ether oxygens (including phenoxy) is 1. The molecule has 1 amide bonds. The zero-order valence-electron chi connectivity index (χ0n) is 32.6. The average Bonchev–Trinajstić information content (AvgIpc) is 3.11. The molecule has 0 bridgehead atoms. The molecule has 0 rings (SSSR count). The standard InChI is InChI=1S/C44H79NO5/c1-3-5-7-9-11-13-14-15-16-17-22-26-30-34-38-44(49)50-39-35-31-27-23-19-18-21-25-29-33-37-43(48)45-41(40-46)42(47)36-32-28-24-20-12-10-8-6-4-2/h9,11,14-15,19,23,32,36,41-42,46-47H,3-8,10,12-13,16-18,20-22,24-31,33-35,37-40H2,1-2H3,(H,45,48)/b11-9-,15-14-,23-19-,36-32+. The van der Waals surface area contributed by atoms with Gasteiger partial charge in [0.2, 0.25) is 5.91 Å². The highest BCUT2D eigenvalue weighted by Crippen LogP contribution is 2.11. The van der Waals surface area contributed by atoms with E-state index < -0.39 is 12.1 Å². The van der Waals surface area contributed by atoms with E-state index in [1.807, 2.05) is 6.08 Å². The first-order valence-electron chi connectivity index (χ1n) is 20.9. The predicted octanol–water partition coefficient (Wildman–Crippen LogP) is 11.6. The Kier molecular flexibility index (Phi) is 37.9. The number of amides is 1. The van der Waals surface area contributed by atoms with E-state index in [0.29, 0.717) is 19.4 Å². The molecule has 0 fully saturated rings. The summed E-state index contributed by atoms with van der Waals surface area (Å²) >= 11 is 0. The van der Waals surface area contributed by atoms with Crippen molar-refractivity contribution in [3.63, 3.8) is 0 Å². The van der Waals surface area contributed by atoms with Crippen LogP contribution in [0.3, 0.4) is 0 Å². The quantitative estimate of drug-likeness (QED) is 0.0340. The summed E-state index contributed by atoms with van der Waals surface area (Å²) in [5.41, 5.74) is 0. The lowest BCUT2D eigenvalue weighted by atomic mass is 10.1. The average molecular weight is 702 g/mol. The Morgan fingerprint density at radius 1 is 0.560 bits per heavy atom. The van der Waals surface area contributed by atoms with Gasteiger partial charge in [-0.3, -0.25) is 9.59 Å². The SMILES string of the molecule is CCCC/C=C\C/C=C\CCCCCCCC(=O)OCCCC/C=C\CCCCCCC(=O)NC(CO)C(O)/C=C/CCCCCCCCC. The highest BCUT2D eigenvalue weighted by Gasteiger charge is 2.17. The minimum atomic E-state index is -0.865. The zero-order valence-corrected chi connectivity index (χ0v) is 32.6. The molecule has 290 valence electrons. The van der Waals surface area contributed by atoms with Crippen LogP contribution in [0.2, 0.25) is 0 Å². The molecule has 2 atom stereocenters. The van der Waals surface area contributed by atoms with E-state index in [9.17, 15) is 19.8 Å². The van der Waals surface area contributed by atoms with Gasteiger partial charge in [-0.2, -0.15) is 0 Å². The molecule has 0 heterocycles. The maximum absolute atomic E-state index is 12.3. The number of aliphatic hydroxyl groups excluding tert-OH is 2. The Morgan fingerprint density at radius 2 is 1.02 bits per heavy atom. The molecule has 2 unspecified atom stereocenters. The van der Waals surface area contributed by atoms with Crippen LogP contribution in [0.25, 0.3) is 0 Å². The van der Waals surface area contributed by atoms with Crippen LogP contribution in [0.5, 0.6) is 0 Å². The third-order valence-corrected chi connectivity index (χ3v) is 9.06. The highest BCUT2D eigenvalue weighted by molar-refractivity contribution is 5.76. The van der Waals surface area contributed by atoms with E-state index in [-0.39, 0.29) is 18.5 Å². The van der Waals surface area contributed by atoms with Crippen molar-refractivity contribution in [2.75, 3.05) is 13.2 Å². The fourth-order valence-electron chi connectivity index (χ4n) is 5.76. The molecule has 0 saturated heterocycles. The molecule has 6 nitrogen and oxygen atoms in total. The van der Waals surface area contributed by atoms with Gasteiger partial charge in [-0.05, 0) is 83.5 Å². The van der Waals surface area contributed by atoms with Crippen LogP contribution in [-0.4, -0.2) is 47.4 Å². The van der Waals surface area contributed by atoms with Gasteiger partial charge in [0.1, 0.15) is 0 Å². The van der Waals surface area contributed by atoms with E-state index >= 15 is 0 Å². The van der Waals surface area contributed by atoms with E-state index in [1.165, 1.54) is 77.0 Å². The van der Waals surface area contributed by atoms with E-state index in [0.717, 1.165) is 89.9 Å². The number of hydrogen-bond donors (Lipinski definition) is 3. The summed E-state index contributed by atoms with van der Waals surface area (Å²) in [4.78, 5) is 24.3. The second-order valence-corrected chi connectivity index (χ2v) is 14.0. The van der Waals surface area contributed by atoms with Crippen LogP contribution in [0.1, 0.15) is 194 Å². The number of allylic oxidation sites excluding steroid dienone is 7. The van der Waals surface area contributed by atoms with E-state index in [2.05, 4.69) is 55.6 Å². The lowest BCUT2D eigenvalue weighted by Crippen LogP contribution is -2.45. The fourth-order valence-corrected chi connectivity index (χ4v) is 5.76. The van der Waals surface area contributed by atoms with Crippen LogP contribution in [0.15, 0.2) is 48.6 Å². The van der Waals surface area contributed by atoms with E-state index in [4.69, 9.17) is 4.74 Å². The summed E-state index contributed by atoms with van der Waals surface area (Å²) in [5, 5.41) is 22.8. The van der Waals surface area contributed by atoms with Crippen molar-refractivity contribution >= 4 is 11.9 Å². The molecule has 3 N–H and O–H groups in total. The van der Waals surface area contributed by atoms with Crippen molar-refractivity contribution in [3.05, 3.63) is 48.6 Å². The lowest BCUT2D eigenvalue weighted by Gasteiger charge is -2.20. The van der Waals surface area contributed by atoms with Crippen LogP contribution in [-0.2, 0) is 14.3 Å². The Hall–Kier alpha value is -2.18. The number of aliphatic hydroxyl groups is 2. The van der Waals surface area contributed by atoms with Crippen LogP contribution < -0.4 is 5.32 Å². The minimum absolute atomic E-state index is 0.0553. The number of carbonyl (C=O) groups excluding carboxylic acids is 2. The van der Waals surface area contributed by atoms with Crippen molar-refractivity contribution in [2.24, 2.45) is 0 Å². The molecule has 0 aliphatic carbocycles. The summed E-state index contributed by atoms with van der Waals surface area (Å²) in [6.07, 6.45) is 46.7. The first-order chi connectivity index (χ1) is 24.5. The van der Waals surface area contributed by atoms with Gasteiger partial charge in [-0.15, -0.1) is 0 Å². The molecule has 0 aromatic heterocycles. The van der Waals surface area contributed by atoms with Crippen molar-refractivity contribution in [1.29, 1.82) is 0 Å². The van der Waals surface area contributed by atoms with Crippen LogP contribution in [0.4, 0.5) is 0 Å². The van der Waals surface area contributed by atoms with Crippen molar-refractivity contribution in [3.8, 4) is 0 Å². The van der Waals surface area contributed by atoms with Gasteiger partial charge in [-0.25, -0.2) is 0 Å². The summed E-state index contributed by atoms with van der Waals surface area (Å²) in [6, 6.07) is -0.652. The van der Waals surface area contributed by atoms with Gasteiger partial charge in [0.05, 0.1) is 25.4 Å². The fraction of sp³-hybridized carbons (Fsp3) is 0.773. The molecular weight excluding hydrogens is 622 g/mol. The summed E-state index contributed by atoms with van der Waals surface area (Å²) in [7, 11) is 0. The van der Waals surface area contributed by atoms with Crippen LogP contribution >= 0.6 is 0 Å². The molecule has 0 aromatic rings. The molecule has 0 aliphatic rings. The predicted molar refractivity (Wildman–Crippen MR) is 213 cm³/mol. The van der Waals surface area contributed by atoms with Gasteiger partial charge >= 0.3 is 5.97 Å². The highest BCUT2D eigenvalue weighted by atomic mass is 16.5. The third-order valence-electron chi connectivity index (χ3n) is 9.06. The van der Waals surface area contributed by atoms with Gasteiger partial charge in [0.15, 0.2) is 0 Å². The van der Waals surface area contributed by atoms with Crippen LogP contribution in [0, 0.1) is 0 Å². The first-order valence-corrected chi connectivity index (χ1v) is 20.9. The summed E-state index contributed by atoms with van der Waals surface area (Å²) in [6.45, 7) is 4.70. The Balaban J connectivity index is 3.59. The number of unbranched alkanes of at least 4 members (excludes halogenated alkanes) is 20.